The number of rotatable bonds is 3. The zero-order valence-electron chi connectivity index (χ0n) is 13.3. The van der Waals surface area contributed by atoms with E-state index in [1.54, 1.807) is 29.8 Å². The van der Waals surface area contributed by atoms with Crippen LogP contribution in [0.5, 0.6) is 5.75 Å². The highest BCUT2D eigenvalue weighted by Crippen LogP contribution is 2.28. The quantitative estimate of drug-likeness (QED) is 0.696. The second-order valence-electron chi connectivity index (χ2n) is 5.23. The molecule has 0 aliphatic heterocycles. The van der Waals surface area contributed by atoms with Crippen molar-refractivity contribution in [3.05, 3.63) is 51.8 Å². The number of aromatic nitrogens is 1. The smallest absolute Gasteiger partial charge is 0.285 e. The van der Waals surface area contributed by atoms with Crippen LogP contribution in [0.4, 0.5) is 0 Å². The highest BCUT2D eigenvalue weighted by atomic mass is 35.5. The standard InChI is InChI=1S/C16H15ClN2O3S2/c1-10-4-9-13(17)15-14(10)19(2)16(23-15)18-24(20,21)12-7-5-11(22-3)6-8-12/h4-9H,1-3H3/b18-16-. The van der Waals surface area contributed by atoms with Gasteiger partial charge in [0.25, 0.3) is 10.0 Å². The second kappa shape index (κ2) is 6.23. The molecular formula is C16H15ClN2O3S2. The number of methoxy groups -OCH3 is 1. The summed E-state index contributed by atoms with van der Waals surface area (Å²) in [5.41, 5.74) is 1.90. The van der Waals surface area contributed by atoms with Gasteiger partial charge in [-0.25, -0.2) is 0 Å². The Kier molecular flexibility index (Phi) is 4.42. The molecule has 0 unspecified atom stereocenters. The van der Waals surface area contributed by atoms with Crippen LogP contribution in [0.15, 0.2) is 45.7 Å². The third-order valence-electron chi connectivity index (χ3n) is 3.66. The number of thiazole rings is 1. The van der Waals surface area contributed by atoms with Crippen molar-refractivity contribution in [2.24, 2.45) is 11.4 Å². The molecule has 0 fully saturated rings. The van der Waals surface area contributed by atoms with Gasteiger partial charge < -0.3 is 9.30 Å². The molecule has 0 saturated heterocycles. The number of halogens is 1. The van der Waals surface area contributed by atoms with Crippen LogP contribution in [0.1, 0.15) is 5.56 Å². The SMILES string of the molecule is COc1ccc(S(=O)(=O)/N=c2\sc3c(Cl)ccc(C)c3n2C)cc1. The maximum atomic E-state index is 12.6. The van der Waals surface area contributed by atoms with Crippen molar-refractivity contribution in [1.29, 1.82) is 0 Å². The van der Waals surface area contributed by atoms with Crippen molar-refractivity contribution in [3.8, 4) is 5.75 Å². The van der Waals surface area contributed by atoms with Crippen LogP contribution < -0.4 is 9.54 Å². The normalized spacial score (nSPS) is 12.8. The van der Waals surface area contributed by atoms with Gasteiger partial charge in [0.15, 0.2) is 0 Å². The minimum atomic E-state index is -3.82. The van der Waals surface area contributed by atoms with Crippen molar-refractivity contribution < 1.29 is 13.2 Å². The Bertz CT molecular complexity index is 1080. The first-order valence-corrected chi connectivity index (χ1v) is 9.66. The third-order valence-corrected chi connectivity index (χ3v) is 6.65. The molecule has 24 heavy (non-hydrogen) atoms. The second-order valence-corrected chi connectivity index (χ2v) is 8.22. The lowest BCUT2D eigenvalue weighted by molar-refractivity contribution is 0.414. The van der Waals surface area contributed by atoms with Gasteiger partial charge in [-0.2, -0.15) is 8.42 Å². The lowest BCUT2D eigenvalue weighted by Crippen LogP contribution is -2.14. The van der Waals surface area contributed by atoms with Crippen LogP contribution in [0.25, 0.3) is 10.2 Å². The van der Waals surface area contributed by atoms with E-state index < -0.39 is 10.0 Å². The first-order valence-electron chi connectivity index (χ1n) is 7.03. The summed E-state index contributed by atoms with van der Waals surface area (Å²) in [7, 11) is -0.511. The molecule has 3 aromatic rings. The van der Waals surface area contributed by atoms with Gasteiger partial charge in [0.2, 0.25) is 4.80 Å². The average molecular weight is 383 g/mol. The molecule has 1 heterocycles. The third kappa shape index (κ3) is 2.94. The molecule has 0 N–H and O–H groups in total. The van der Waals surface area contributed by atoms with Crippen LogP contribution in [-0.2, 0) is 17.1 Å². The zero-order chi connectivity index (χ0) is 17.5. The highest BCUT2D eigenvalue weighted by molar-refractivity contribution is 7.90. The van der Waals surface area contributed by atoms with Gasteiger partial charge in [-0.3, -0.25) is 0 Å². The van der Waals surface area contributed by atoms with Gasteiger partial charge in [-0.15, -0.1) is 4.40 Å². The number of benzene rings is 2. The summed E-state index contributed by atoms with van der Waals surface area (Å²) in [5.74, 6) is 0.587. The molecule has 8 heteroatoms. The van der Waals surface area contributed by atoms with Gasteiger partial charge in [0.1, 0.15) is 5.75 Å². The van der Waals surface area contributed by atoms with E-state index in [1.165, 1.54) is 30.6 Å². The van der Waals surface area contributed by atoms with Crippen LogP contribution in [-0.4, -0.2) is 20.1 Å². The largest absolute Gasteiger partial charge is 0.497 e. The molecular weight excluding hydrogens is 368 g/mol. The molecule has 0 aliphatic rings. The lowest BCUT2D eigenvalue weighted by atomic mass is 10.2. The van der Waals surface area contributed by atoms with Gasteiger partial charge in [0.05, 0.1) is 27.2 Å². The van der Waals surface area contributed by atoms with E-state index in [-0.39, 0.29) is 4.90 Å². The maximum Gasteiger partial charge on any atom is 0.285 e. The Morgan fingerprint density at radius 2 is 1.83 bits per heavy atom. The molecule has 0 radical (unpaired) electrons. The minimum absolute atomic E-state index is 0.114. The molecule has 5 nitrogen and oxygen atoms in total. The number of hydrogen-bond acceptors (Lipinski definition) is 4. The van der Waals surface area contributed by atoms with E-state index in [0.717, 1.165) is 15.8 Å². The van der Waals surface area contributed by atoms with Gasteiger partial charge in [-0.1, -0.05) is 29.0 Å². The fourth-order valence-corrected chi connectivity index (χ4v) is 4.99. The van der Waals surface area contributed by atoms with Gasteiger partial charge in [-0.05, 0) is 42.8 Å². The topological polar surface area (TPSA) is 60.7 Å². The zero-order valence-corrected chi connectivity index (χ0v) is 15.7. The predicted molar refractivity (Wildman–Crippen MR) is 96.3 cm³/mol. The minimum Gasteiger partial charge on any atom is -0.497 e. The highest BCUT2D eigenvalue weighted by Gasteiger charge is 2.15. The number of aryl methyl sites for hydroxylation is 2. The van der Waals surface area contributed by atoms with Gasteiger partial charge in [0, 0.05) is 7.05 Å². The van der Waals surface area contributed by atoms with E-state index in [4.69, 9.17) is 16.3 Å². The van der Waals surface area contributed by atoms with Crippen molar-refractivity contribution in [2.45, 2.75) is 11.8 Å². The number of fused-ring (bicyclic) bond motifs is 1. The average Bonchev–Trinajstić information content (AvgIpc) is 2.88. The summed E-state index contributed by atoms with van der Waals surface area (Å²) < 4.78 is 36.7. The molecule has 0 amide bonds. The number of ether oxygens (including phenoxy) is 1. The number of sulfonamides is 1. The van der Waals surface area contributed by atoms with Crippen molar-refractivity contribution >= 4 is 43.2 Å². The van der Waals surface area contributed by atoms with E-state index >= 15 is 0 Å². The molecule has 0 aliphatic carbocycles. The molecule has 0 saturated carbocycles. The summed E-state index contributed by atoms with van der Waals surface area (Å²) in [5, 5.41) is 0.583. The summed E-state index contributed by atoms with van der Waals surface area (Å²) in [6.07, 6.45) is 0. The van der Waals surface area contributed by atoms with Crippen molar-refractivity contribution in [1.82, 2.24) is 4.57 Å². The molecule has 126 valence electrons. The maximum absolute atomic E-state index is 12.6. The predicted octanol–water partition coefficient (Wildman–Crippen LogP) is 3.50. The van der Waals surface area contributed by atoms with Gasteiger partial charge >= 0.3 is 0 Å². The molecule has 0 bridgehead atoms. The fourth-order valence-electron chi connectivity index (χ4n) is 2.40. The summed E-state index contributed by atoms with van der Waals surface area (Å²) >= 11 is 7.48. The fraction of sp³-hybridized carbons (Fsp3) is 0.188. The van der Waals surface area contributed by atoms with Crippen molar-refractivity contribution in [3.63, 3.8) is 0 Å². The molecule has 0 spiro atoms. The first-order chi connectivity index (χ1) is 11.3. The van der Waals surface area contributed by atoms with Crippen LogP contribution in [0, 0.1) is 6.92 Å². The Morgan fingerprint density at radius 1 is 1.17 bits per heavy atom. The van der Waals surface area contributed by atoms with E-state index in [0.29, 0.717) is 15.6 Å². The Hall–Kier alpha value is -1.83. The lowest BCUT2D eigenvalue weighted by Gasteiger charge is -2.02. The molecule has 1 aromatic heterocycles. The summed E-state index contributed by atoms with van der Waals surface area (Å²) in [4.78, 5) is 0.487. The van der Waals surface area contributed by atoms with E-state index in [9.17, 15) is 8.42 Å². The number of hydrogen-bond donors (Lipinski definition) is 0. The Balaban J connectivity index is 2.20. The van der Waals surface area contributed by atoms with Crippen LogP contribution in [0.2, 0.25) is 5.02 Å². The van der Waals surface area contributed by atoms with E-state index in [1.807, 2.05) is 13.0 Å². The monoisotopic (exact) mass is 382 g/mol. The molecule has 3 rings (SSSR count). The van der Waals surface area contributed by atoms with E-state index in [2.05, 4.69) is 4.40 Å². The molecule has 0 atom stereocenters. The first kappa shape index (κ1) is 17.0. The summed E-state index contributed by atoms with van der Waals surface area (Å²) in [6, 6.07) is 9.84. The Labute approximate surface area is 148 Å². The Morgan fingerprint density at radius 3 is 2.42 bits per heavy atom. The molecule has 2 aromatic carbocycles. The van der Waals surface area contributed by atoms with Crippen LogP contribution in [0.3, 0.4) is 0 Å². The van der Waals surface area contributed by atoms with Crippen LogP contribution >= 0.6 is 22.9 Å². The van der Waals surface area contributed by atoms with Crippen molar-refractivity contribution in [2.75, 3.05) is 7.11 Å². The summed E-state index contributed by atoms with van der Waals surface area (Å²) in [6.45, 7) is 1.95. The number of nitrogens with zero attached hydrogens (tertiary/aromatic N) is 2.